The van der Waals surface area contributed by atoms with E-state index in [9.17, 15) is 0 Å². The summed E-state index contributed by atoms with van der Waals surface area (Å²) >= 11 is 0. The van der Waals surface area contributed by atoms with Crippen molar-refractivity contribution in [2.45, 2.75) is 6.92 Å². The topological polar surface area (TPSA) is 69.1 Å². The molecule has 0 aliphatic heterocycles. The van der Waals surface area contributed by atoms with Gasteiger partial charge in [0.2, 0.25) is 0 Å². The molecule has 2 N–H and O–H groups in total. The van der Waals surface area contributed by atoms with Crippen molar-refractivity contribution in [3.63, 3.8) is 0 Å². The van der Waals surface area contributed by atoms with Gasteiger partial charge in [0, 0.05) is 0 Å². The van der Waals surface area contributed by atoms with Gasteiger partial charge in [0.25, 0.3) is 0 Å². The van der Waals surface area contributed by atoms with Gasteiger partial charge < -0.3 is 5.73 Å². The van der Waals surface area contributed by atoms with Gasteiger partial charge in [-0.05, 0) is 29.0 Å². The molecule has 64 valence electrons. The highest BCUT2D eigenvalue weighted by Gasteiger charge is 1.98. The third-order valence-corrected chi connectivity index (χ3v) is 1.58. The van der Waals surface area contributed by atoms with E-state index in [4.69, 9.17) is 5.73 Å². The summed E-state index contributed by atoms with van der Waals surface area (Å²) in [5.74, 6) is 0. The van der Waals surface area contributed by atoms with E-state index in [1.165, 1.54) is 0 Å². The molecule has 0 atom stereocenters. The van der Waals surface area contributed by atoms with Gasteiger partial charge in [0.1, 0.15) is 0 Å². The van der Waals surface area contributed by atoms with Crippen molar-refractivity contribution in [3.05, 3.63) is 17.8 Å². The maximum absolute atomic E-state index is 5.63. The summed E-state index contributed by atoms with van der Waals surface area (Å²) in [6, 6.07) is 1.84. The standard InChI is InChI=1S/C6H7N5.ClH/c1-4-2-6-8-9-10-11(6)3-5(4)7;/h2-3H,7H2,1H3;1H. The zero-order valence-electron chi connectivity index (χ0n) is 6.43. The Morgan fingerprint density at radius 2 is 2.25 bits per heavy atom. The minimum Gasteiger partial charge on any atom is -0.397 e. The SMILES string of the molecule is Cc1cc2nnnn2cc1N.Cl. The maximum atomic E-state index is 5.63. The Balaban J connectivity index is 0.000000720. The van der Waals surface area contributed by atoms with Crippen LogP contribution in [0.1, 0.15) is 5.56 Å². The number of aryl methyl sites for hydroxylation is 1. The van der Waals surface area contributed by atoms with Gasteiger partial charge in [-0.15, -0.1) is 17.5 Å². The van der Waals surface area contributed by atoms with Crippen LogP contribution >= 0.6 is 12.4 Å². The molecule has 2 aromatic heterocycles. The Bertz CT molecular complexity index is 360. The minimum atomic E-state index is 0. The van der Waals surface area contributed by atoms with Crippen molar-refractivity contribution in [2.24, 2.45) is 0 Å². The predicted octanol–water partition coefficient (Wildman–Crippen LogP) is 0.437. The van der Waals surface area contributed by atoms with Crippen LogP contribution in [-0.2, 0) is 0 Å². The van der Waals surface area contributed by atoms with Crippen molar-refractivity contribution in [1.82, 2.24) is 20.0 Å². The lowest BCUT2D eigenvalue weighted by molar-refractivity contribution is 0.824. The normalized spacial score (nSPS) is 9.75. The Morgan fingerprint density at radius 3 is 3.00 bits per heavy atom. The Morgan fingerprint density at radius 1 is 1.50 bits per heavy atom. The molecule has 2 rings (SSSR count). The molecular weight excluding hydrogens is 178 g/mol. The summed E-state index contributed by atoms with van der Waals surface area (Å²) in [7, 11) is 0. The van der Waals surface area contributed by atoms with Gasteiger partial charge >= 0.3 is 0 Å². The fraction of sp³-hybridized carbons (Fsp3) is 0.167. The quantitative estimate of drug-likeness (QED) is 0.647. The number of hydrogen-bond acceptors (Lipinski definition) is 4. The minimum absolute atomic E-state index is 0. The van der Waals surface area contributed by atoms with Gasteiger partial charge in [0.05, 0.1) is 11.9 Å². The number of aromatic nitrogens is 4. The molecule has 12 heavy (non-hydrogen) atoms. The van der Waals surface area contributed by atoms with Gasteiger partial charge in [0.15, 0.2) is 5.65 Å². The highest BCUT2D eigenvalue weighted by Crippen LogP contribution is 2.10. The van der Waals surface area contributed by atoms with Crippen LogP contribution in [0.4, 0.5) is 5.69 Å². The van der Waals surface area contributed by atoms with E-state index >= 15 is 0 Å². The number of rotatable bonds is 0. The number of nitrogen functional groups attached to an aromatic ring is 1. The van der Waals surface area contributed by atoms with Crippen LogP contribution in [0.15, 0.2) is 12.3 Å². The lowest BCUT2D eigenvalue weighted by Crippen LogP contribution is -1.95. The summed E-state index contributed by atoms with van der Waals surface area (Å²) in [6.45, 7) is 1.92. The van der Waals surface area contributed by atoms with E-state index in [1.54, 1.807) is 10.7 Å². The first-order valence-electron chi connectivity index (χ1n) is 3.21. The van der Waals surface area contributed by atoms with E-state index in [2.05, 4.69) is 15.5 Å². The highest BCUT2D eigenvalue weighted by atomic mass is 35.5. The molecular formula is C6H8ClN5. The van der Waals surface area contributed by atoms with Crippen molar-refractivity contribution in [1.29, 1.82) is 0 Å². The average molecular weight is 186 g/mol. The summed E-state index contributed by atoms with van der Waals surface area (Å²) in [4.78, 5) is 0. The number of tetrazole rings is 1. The van der Waals surface area contributed by atoms with Crippen molar-refractivity contribution in [3.8, 4) is 0 Å². The number of nitrogens with two attached hydrogens (primary N) is 1. The summed E-state index contributed by atoms with van der Waals surface area (Å²) in [6.07, 6.45) is 1.70. The first-order valence-corrected chi connectivity index (χ1v) is 3.21. The zero-order valence-corrected chi connectivity index (χ0v) is 7.25. The Hall–Kier alpha value is -1.36. The van der Waals surface area contributed by atoms with E-state index in [0.717, 1.165) is 11.2 Å². The molecule has 0 saturated heterocycles. The second-order valence-electron chi connectivity index (χ2n) is 2.39. The van der Waals surface area contributed by atoms with E-state index < -0.39 is 0 Å². The molecule has 0 bridgehead atoms. The summed E-state index contributed by atoms with van der Waals surface area (Å²) < 4.78 is 1.54. The number of pyridine rings is 1. The molecule has 2 heterocycles. The molecule has 0 radical (unpaired) electrons. The molecule has 0 amide bonds. The third kappa shape index (κ3) is 1.18. The monoisotopic (exact) mass is 185 g/mol. The van der Waals surface area contributed by atoms with Crippen LogP contribution in [0.2, 0.25) is 0 Å². The number of nitrogens with zero attached hydrogens (tertiary/aromatic N) is 4. The van der Waals surface area contributed by atoms with E-state index in [0.29, 0.717) is 5.69 Å². The van der Waals surface area contributed by atoms with Crippen LogP contribution in [0, 0.1) is 6.92 Å². The molecule has 0 aliphatic carbocycles. The summed E-state index contributed by atoms with van der Waals surface area (Å²) in [5.41, 5.74) is 8.04. The van der Waals surface area contributed by atoms with Crippen LogP contribution < -0.4 is 5.73 Å². The fourth-order valence-electron chi connectivity index (χ4n) is 0.898. The maximum Gasteiger partial charge on any atom is 0.179 e. The van der Waals surface area contributed by atoms with E-state index in [1.807, 2.05) is 13.0 Å². The first-order chi connectivity index (χ1) is 5.27. The molecule has 0 aliphatic rings. The second-order valence-corrected chi connectivity index (χ2v) is 2.39. The molecule has 6 heteroatoms. The fourth-order valence-corrected chi connectivity index (χ4v) is 0.898. The van der Waals surface area contributed by atoms with Crippen LogP contribution in [-0.4, -0.2) is 20.0 Å². The van der Waals surface area contributed by atoms with Gasteiger partial charge in [-0.3, -0.25) is 0 Å². The largest absolute Gasteiger partial charge is 0.397 e. The molecule has 0 fully saturated rings. The number of anilines is 1. The lowest BCUT2D eigenvalue weighted by atomic mass is 10.2. The van der Waals surface area contributed by atoms with Gasteiger partial charge in [-0.25, -0.2) is 0 Å². The van der Waals surface area contributed by atoms with Gasteiger partial charge in [-0.2, -0.15) is 4.52 Å². The van der Waals surface area contributed by atoms with Crippen LogP contribution in [0.5, 0.6) is 0 Å². The van der Waals surface area contributed by atoms with Gasteiger partial charge in [-0.1, -0.05) is 0 Å². The Kier molecular flexibility index (Phi) is 2.14. The Labute approximate surface area is 75.0 Å². The number of halogens is 1. The third-order valence-electron chi connectivity index (χ3n) is 1.58. The van der Waals surface area contributed by atoms with Crippen LogP contribution in [0.25, 0.3) is 5.65 Å². The average Bonchev–Trinajstić information content (AvgIpc) is 2.36. The first kappa shape index (κ1) is 8.73. The molecule has 0 spiro atoms. The van der Waals surface area contributed by atoms with Crippen molar-refractivity contribution < 1.29 is 0 Å². The smallest absolute Gasteiger partial charge is 0.179 e. The van der Waals surface area contributed by atoms with Crippen LogP contribution in [0.3, 0.4) is 0 Å². The molecule has 2 aromatic rings. The van der Waals surface area contributed by atoms with Crippen molar-refractivity contribution >= 4 is 23.7 Å². The van der Waals surface area contributed by atoms with Crippen molar-refractivity contribution in [2.75, 3.05) is 5.73 Å². The van der Waals surface area contributed by atoms with E-state index in [-0.39, 0.29) is 12.4 Å². The number of fused-ring (bicyclic) bond motifs is 1. The number of hydrogen-bond donors (Lipinski definition) is 1. The molecule has 0 aromatic carbocycles. The predicted molar refractivity (Wildman–Crippen MR) is 47.2 cm³/mol. The lowest BCUT2D eigenvalue weighted by Gasteiger charge is -1.97. The summed E-state index contributed by atoms with van der Waals surface area (Å²) in [5, 5.41) is 11.0. The molecule has 0 saturated carbocycles. The zero-order chi connectivity index (χ0) is 7.84. The molecule has 0 unspecified atom stereocenters. The molecule has 5 nitrogen and oxygen atoms in total. The second kappa shape index (κ2) is 2.94. The highest BCUT2D eigenvalue weighted by molar-refractivity contribution is 5.85.